The van der Waals surface area contributed by atoms with Crippen molar-refractivity contribution in [2.24, 2.45) is 22.7 Å². The highest BCUT2D eigenvalue weighted by molar-refractivity contribution is 5.93. The SMILES string of the molecule is CC(=O)OCC(=O)[C@@]1(OC(C)=O)CC[C@H]2[C@@H]3CC=C4C=C(OC(C)=O)CC[C@]4(C)[C@]34OC4C[C@@]21C. The number of allylic oxidation sites excluding steroid dienone is 3. The van der Waals surface area contributed by atoms with E-state index in [4.69, 9.17) is 18.9 Å². The van der Waals surface area contributed by atoms with Gasteiger partial charge < -0.3 is 18.9 Å². The average Bonchev–Trinajstić information content (AvgIpc) is 3.41. The minimum atomic E-state index is -1.34. The number of epoxide rings is 1. The summed E-state index contributed by atoms with van der Waals surface area (Å²) in [7, 11) is 0. The van der Waals surface area contributed by atoms with Gasteiger partial charge in [-0.2, -0.15) is 0 Å². The normalized spacial score (nSPS) is 42.7. The summed E-state index contributed by atoms with van der Waals surface area (Å²) in [6.45, 7) is 7.89. The fourth-order valence-corrected chi connectivity index (χ4v) is 8.22. The fourth-order valence-electron chi connectivity index (χ4n) is 8.22. The van der Waals surface area contributed by atoms with Crippen LogP contribution < -0.4 is 0 Å². The molecule has 2 saturated carbocycles. The van der Waals surface area contributed by atoms with Crippen molar-refractivity contribution in [3.8, 4) is 0 Å². The second-order valence-corrected chi connectivity index (χ2v) is 11.3. The van der Waals surface area contributed by atoms with E-state index in [1.165, 1.54) is 20.8 Å². The first-order valence-electron chi connectivity index (χ1n) is 12.5. The van der Waals surface area contributed by atoms with E-state index >= 15 is 0 Å². The van der Waals surface area contributed by atoms with Crippen LogP contribution in [-0.2, 0) is 38.1 Å². The minimum absolute atomic E-state index is 0.0688. The Morgan fingerprint density at radius 3 is 2.43 bits per heavy atom. The number of hydrogen-bond acceptors (Lipinski definition) is 8. The molecule has 8 heteroatoms. The number of ketones is 1. The monoisotopic (exact) mass is 486 g/mol. The van der Waals surface area contributed by atoms with Crippen LogP contribution >= 0.6 is 0 Å². The second-order valence-electron chi connectivity index (χ2n) is 11.3. The van der Waals surface area contributed by atoms with E-state index in [1.807, 2.05) is 13.0 Å². The van der Waals surface area contributed by atoms with E-state index in [0.29, 0.717) is 25.0 Å². The van der Waals surface area contributed by atoms with Crippen LogP contribution in [0.25, 0.3) is 0 Å². The summed E-state index contributed by atoms with van der Waals surface area (Å²) in [4.78, 5) is 48.6. The molecule has 8 nitrogen and oxygen atoms in total. The molecule has 5 rings (SSSR count). The Labute approximate surface area is 205 Å². The van der Waals surface area contributed by atoms with Gasteiger partial charge in [-0.15, -0.1) is 0 Å². The lowest BCUT2D eigenvalue weighted by Crippen LogP contribution is -2.62. The molecule has 5 aliphatic rings. The van der Waals surface area contributed by atoms with Crippen molar-refractivity contribution in [2.45, 2.75) is 90.4 Å². The number of fused-ring (bicyclic) bond motifs is 3. The largest absolute Gasteiger partial charge is 0.458 e. The lowest BCUT2D eigenvalue weighted by Gasteiger charge is -2.55. The summed E-state index contributed by atoms with van der Waals surface area (Å²) in [6.07, 6.45) is 8.16. The van der Waals surface area contributed by atoms with Crippen molar-refractivity contribution in [1.82, 2.24) is 0 Å². The Morgan fingerprint density at radius 2 is 1.77 bits per heavy atom. The molecule has 4 aliphatic carbocycles. The molecular weight excluding hydrogens is 452 g/mol. The number of rotatable bonds is 5. The summed E-state index contributed by atoms with van der Waals surface area (Å²) in [6, 6.07) is 0. The van der Waals surface area contributed by atoms with Gasteiger partial charge in [-0.1, -0.05) is 19.9 Å². The summed E-state index contributed by atoms with van der Waals surface area (Å²) in [5.74, 6) is -0.749. The highest BCUT2D eigenvalue weighted by Crippen LogP contribution is 2.76. The number of esters is 3. The van der Waals surface area contributed by atoms with Crippen LogP contribution in [0.4, 0.5) is 0 Å². The molecule has 7 atom stereocenters. The smallest absolute Gasteiger partial charge is 0.307 e. The zero-order valence-electron chi connectivity index (χ0n) is 21.1. The van der Waals surface area contributed by atoms with Gasteiger partial charge in [0.2, 0.25) is 5.78 Å². The Bertz CT molecular complexity index is 1070. The molecule has 1 saturated heterocycles. The van der Waals surface area contributed by atoms with Gasteiger partial charge in [-0.05, 0) is 55.6 Å². The zero-order chi connectivity index (χ0) is 25.4. The number of Topliss-reactive ketones (excluding diaryl/α,β-unsaturated/α-hetero) is 1. The minimum Gasteiger partial charge on any atom is -0.458 e. The standard InChI is InChI=1S/C27H34O8/c1-15(28)32-14-22(31)26(34-17(3)30)11-9-20-21-7-6-18-12-19(33-16(2)29)8-10-24(18,4)27(21)23(35-27)13-25(20,26)5/h6,12,20-21,23H,7-11,13-14H2,1-5H3/t20-,21-,23?,24-,25-,26-,27-/m0/s1. The molecule has 1 aliphatic heterocycles. The molecule has 0 bridgehead atoms. The Hall–Kier alpha value is -2.48. The van der Waals surface area contributed by atoms with Crippen molar-refractivity contribution >= 4 is 23.7 Å². The van der Waals surface area contributed by atoms with E-state index in [0.717, 1.165) is 24.8 Å². The van der Waals surface area contributed by atoms with Crippen LogP contribution in [0.1, 0.15) is 73.1 Å². The van der Waals surface area contributed by atoms with Gasteiger partial charge in [-0.25, -0.2) is 0 Å². The van der Waals surface area contributed by atoms with E-state index in [-0.39, 0.29) is 40.7 Å². The lowest BCUT2D eigenvalue weighted by molar-refractivity contribution is -0.187. The van der Waals surface area contributed by atoms with Crippen LogP contribution in [0, 0.1) is 22.7 Å². The quantitative estimate of drug-likeness (QED) is 0.330. The summed E-state index contributed by atoms with van der Waals surface area (Å²) in [5.41, 5.74) is -1.38. The molecule has 0 aromatic heterocycles. The Morgan fingerprint density at radius 1 is 1.03 bits per heavy atom. The van der Waals surface area contributed by atoms with Crippen molar-refractivity contribution in [3.63, 3.8) is 0 Å². The molecule has 0 aromatic rings. The van der Waals surface area contributed by atoms with Gasteiger partial charge in [0.25, 0.3) is 0 Å². The lowest BCUT2D eigenvalue weighted by atomic mass is 9.47. The third-order valence-electron chi connectivity index (χ3n) is 9.68. The molecule has 1 spiro atoms. The predicted octanol–water partition coefficient (Wildman–Crippen LogP) is 3.57. The maximum Gasteiger partial charge on any atom is 0.307 e. The number of carbonyl (C=O) groups is 4. The van der Waals surface area contributed by atoms with Crippen molar-refractivity contribution in [1.29, 1.82) is 0 Å². The molecule has 0 radical (unpaired) electrons. The van der Waals surface area contributed by atoms with Crippen LogP contribution in [0.3, 0.4) is 0 Å². The molecule has 190 valence electrons. The third-order valence-corrected chi connectivity index (χ3v) is 9.68. The van der Waals surface area contributed by atoms with Crippen molar-refractivity contribution in [2.75, 3.05) is 6.61 Å². The molecule has 0 aromatic carbocycles. The Balaban J connectivity index is 1.51. The average molecular weight is 487 g/mol. The molecule has 0 amide bonds. The molecule has 0 N–H and O–H groups in total. The summed E-state index contributed by atoms with van der Waals surface area (Å²) >= 11 is 0. The van der Waals surface area contributed by atoms with Gasteiger partial charge in [0, 0.05) is 38.0 Å². The molecule has 35 heavy (non-hydrogen) atoms. The maximum atomic E-state index is 13.5. The Kier molecular flexibility index (Phi) is 5.37. The summed E-state index contributed by atoms with van der Waals surface area (Å²) in [5, 5.41) is 0. The van der Waals surface area contributed by atoms with Gasteiger partial charge in [0.1, 0.15) is 11.4 Å². The highest BCUT2D eigenvalue weighted by atomic mass is 16.6. The first-order chi connectivity index (χ1) is 16.4. The van der Waals surface area contributed by atoms with Gasteiger partial charge in [0.05, 0.1) is 6.10 Å². The topological polar surface area (TPSA) is 109 Å². The van der Waals surface area contributed by atoms with Crippen molar-refractivity contribution < 1.29 is 38.1 Å². The van der Waals surface area contributed by atoms with Gasteiger partial charge in [-0.3, -0.25) is 19.2 Å². The van der Waals surface area contributed by atoms with E-state index in [9.17, 15) is 19.2 Å². The first kappa shape index (κ1) is 24.2. The van der Waals surface area contributed by atoms with Gasteiger partial charge >= 0.3 is 17.9 Å². The van der Waals surface area contributed by atoms with E-state index in [1.54, 1.807) is 0 Å². The number of carbonyl (C=O) groups excluding carboxylic acids is 4. The molecule has 3 fully saturated rings. The predicted molar refractivity (Wildman–Crippen MR) is 123 cm³/mol. The first-order valence-corrected chi connectivity index (χ1v) is 12.5. The number of hydrogen-bond donors (Lipinski definition) is 0. The maximum absolute atomic E-state index is 13.5. The second kappa shape index (κ2) is 7.76. The number of ether oxygens (including phenoxy) is 4. The summed E-state index contributed by atoms with van der Waals surface area (Å²) < 4.78 is 23.0. The zero-order valence-corrected chi connectivity index (χ0v) is 21.1. The highest BCUT2D eigenvalue weighted by Gasteiger charge is 2.81. The third kappa shape index (κ3) is 3.21. The van der Waals surface area contributed by atoms with Crippen molar-refractivity contribution in [3.05, 3.63) is 23.5 Å². The van der Waals surface area contributed by atoms with Gasteiger partial charge in [0.15, 0.2) is 12.2 Å². The van der Waals surface area contributed by atoms with Crippen LogP contribution in [0.15, 0.2) is 23.5 Å². The van der Waals surface area contributed by atoms with E-state index in [2.05, 4.69) is 13.0 Å². The van der Waals surface area contributed by atoms with Crippen LogP contribution in [0.5, 0.6) is 0 Å². The molecular formula is C27H34O8. The molecule has 1 heterocycles. The molecule has 1 unspecified atom stereocenters. The fraction of sp³-hybridized carbons (Fsp3) is 0.704. The van der Waals surface area contributed by atoms with Crippen LogP contribution in [-0.4, -0.2) is 47.6 Å². The van der Waals surface area contributed by atoms with Crippen LogP contribution in [0.2, 0.25) is 0 Å². The van der Waals surface area contributed by atoms with E-state index < -0.39 is 29.6 Å².